The third-order valence-electron chi connectivity index (χ3n) is 1.77. The minimum Gasteiger partial charge on any atom is -0.341 e. The van der Waals surface area contributed by atoms with Crippen molar-refractivity contribution in [3.63, 3.8) is 0 Å². The molecule has 1 aromatic heterocycles. The fraction of sp³-hybridized carbons (Fsp3) is 0.125. The third kappa shape index (κ3) is 2.89. The van der Waals surface area contributed by atoms with Crippen LogP contribution >= 0.6 is 48.0 Å². The summed E-state index contributed by atoms with van der Waals surface area (Å²) in [6.45, 7) is 0.379. The first-order chi connectivity index (χ1) is 6.20. The SMILES string of the molecule is Cl.Cl.NCc1nc2cc(Cl)c(Cl)cc2[nH]1. The summed E-state index contributed by atoms with van der Waals surface area (Å²) < 4.78 is 0. The number of imidazole rings is 1. The number of H-pyrrole nitrogens is 1. The topological polar surface area (TPSA) is 54.7 Å². The van der Waals surface area contributed by atoms with Gasteiger partial charge in [-0.05, 0) is 12.1 Å². The van der Waals surface area contributed by atoms with Gasteiger partial charge in [0.25, 0.3) is 0 Å². The standard InChI is InChI=1S/C8H7Cl2N3.2ClH/c9-4-1-6-7(2-5(4)10)13-8(3-11)12-6;;/h1-2H,3,11H2,(H,12,13);2*1H. The number of nitrogens with two attached hydrogens (primary N) is 1. The minimum absolute atomic E-state index is 0. The van der Waals surface area contributed by atoms with Crippen LogP contribution in [0.15, 0.2) is 12.1 Å². The Hall–Kier alpha value is -0.190. The molecule has 0 atom stereocenters. The second-order valence-corrected chi connectivity index (χ2v) is 3.49. The number of rotatable bonds is 1. The van der Waals surface area contributed by atoms with Gasteiger partial charge in [-0.3, -0.25) is 0 Å². The van der Waals surface area contributed by atoms with E-state index in [0.717, 1.165) is 16.9 Å². The zero-order chi connectivity index (χ0) is 9.42. The number of fused-ring (bicyclic) bond motifs is 1. The number of aromatic nitrogens is 2. The van der Waals surface area contributed by atoms with Crippen LogP contribution in [0.3, 0.4) is 0 Å². The van der Waals surface area contributed by atoms with Gasteiger partial charge in [0.1, 0.15) is 5.82 Å². The molecule has 3 nitrogen and oxygen atoms in total. The summed E-state index contributed by atoms with van der Waals surface area (Å²) in [5.41, 5.74) is 7.07. The van der Waals surface area contributed by atoms with Crippen LogP contribution < -0.4 is 5.73 Å². The summed E-state index contributed by atoms with van der Waals surface area (Å²) in [7, 11) is 0. The smallest absolute Gasteiger partial charge is 0.121 e. The van der Waals surface area contributed by atoms with Gasteiger partial charge in [-0.2, -0.15) is 0 Å². The zero-order valence-electron chi connectivity index (χ0n) is 7.46. The van der Waals surface area contributed by atoms with Crippen molar-refractivity contribution < 1.29 is 0 Å². The highest BCUT2D eigenvalue weighted by molar-refractivity contribution is 6.42. The molecule has 0 bridgehead atoms. The van der Waals surface area contributed by atoms with Crippen molar-refractivity contribution in [2.24, 2.45) is 5.73 Å². The van der Waals surface area contributed by atoms with E-state index in [2.05, 4.69) is 9.97 Å². The largest absolute Gasteiger partial charge is 0.341 e. The summed E-state index contributed by atoms with van der Waals surface area (Å²) >= 11 is 11.7. The van der Waals surface area contributed by atoms with E-state index < -0.39 is 0 Å². The lowest BCUT2D eigenvalue weighted by molar-refractivity contribution is 0.958. The van der Waals surface area contributed by atoms with E-state index >= 15 is 0 Å². The Bertz CT molecular complexity index is 415. The van der Waals surface area contributed by atoms with Gasteiger partial charge < -0.3 is 10.7 Å². The van der Waals surface area contributed by atoms with E-state index in [9.17, 15) is 0 Å². The molecule has 7 heteroatoms. The molecular weight excluding hydrogens is 280 g/mol. The molecule has 1 aromatic carbocycles. The van der Waals surface area contributed by atoms with E-state index in [-0.39, 0.29) is 24.8 Å². The zero-order valence-corrected chi connectivity index (χ0v) is 10.6. The van der Waals surface area contributed by atoms with Crippen molar-refractivity contribution in [3.8, 4) is 0 Å². The maximum Gasteiger partial charge on any atom is 0.121 e. The summed E-state index contributed by atoms with van der Waals surface area (Å²) in [6, 6.07) is 3.46. The Morgan fingerprint density at radius 3 is 2.40 bits per heavy atom. The van der Waals surface area contributed by atoms with Gasteiger partial charge in [0, 0.05) is 0 Å². The van der Waals surface area contributed by atoms with Gasteiger partial charge in [0.05, 0.1) is 27.6 Å². The first-order valence-corrected chi connectivity index (χ1v) is 4.50. The van der Waals surface area contributed by atoms with Crippen LogP contribution in [0.5, 0.6) is 0 Å². The van der Waals surface area contributed by atoms with Crippen LogP contribution in [-0.2, 0) is 6.54 Å². The average Bonchev–Trinajstić information content (AvgIpc) is 2.48. The lowest BCUT2D eigenvalue weighted by Gasteiger charge is -1.93. The van der Waals surface area contributed by atoms with Gasteiger partial charge in [0.2, 0.25) is 0 Å². The maximum absolute atomic E-state index is 5.83. The third-order valence-corrected chi connectivity index (χ3v) is 2.49. The number of halogens is 4. The predicted molar refractivity (Wildman–Crippen MR) is 68.5 cm³/mol. The molecule has 0 aliphatic rings. The first kappa shape index (κ1) is 14.8. The number of aromatic amines is 1. The molecule has 2 rings (SSSR count). The molecule has 2 aromatic rings. The monoisotopic (exact) mass is 287 g/mol. The molecule has 0 aliphatic carbocycles. The maximum atomic E-state index is 5.83. The summed E-state index contributed by atoms with van der Waals surface area (Å²) in [5, 5.41) is 1.02. The second-order valence-electron chi connectivity index (χ2n) is 2.67. The normalized spacial score (nSPS) is 9.53. The number of benzene rings is 1. The van der Waals surface area contributed by atoms with E-state index in [1.165, 1.54) is 0 Å². The lowest BCUT2D eigenvalue weighted by atomic mass is 10.3. The Balaban J connectivity index is 0.000000980. The number of hydrogen-bond acceptors (Lipinski definition) is 2. The fourth-order valence-corrected chi connectivity index (χ4v) is 1.48. The molecule has 0 fully saturated rings. The Morgan fingerprint density at radius 2 is 1.80 bits per heavy atom. The molecule has 0 saturated heterocycles. The van der Waals surface area contributed by atoms with Crippen LogP contribution in [0, 0.1) is 0 Å². The molecule has 15 heavy (non-hydrogen) atoms. The summed E-state index contributed by atoms with van der Waals surface area (Å²) in [6.07, 6.45) is 0. The summed E-state index contributed by atoms with van der Waals surface area (Å²) in [5.74, 6) is 0.730. The molecule has 0 spiro atoms. The van der Waals surface area contributed by atoms with Crippen molar-refractivity contribution in [1.82, 2.24) is 9.97 Å². The molecule has 0 unspecified atom stereocenters. The highest BCUT2D eigenvalue weighted by Gasteiger charge is 2.04. The van der Waals surface area contributed by atoms with Crippen LogP contribution in [0.4, 0.5) is 0 Å². The highest BCUT2D eigenvalue weighted by Crippen LogP contribution is 2.26. The number of nitrogens with zero attached hydrogens (tertiary/aromatic N) is 1. The van der Waals surface area contributed by atoms with Gasteiger partial charge >= 0.3 is 0 Å². The molecule has 0 saturated carbocycles. The summed E-state index contributed by atoms with van der Waals surface area (Å²) in [4.78, 5) is 7.24. The quantitative estimate of drug-likeness (QED) is 0.847. The van der Waals surface area contributed by atoms with Gasteiger partial charge in [0.15, 0.2) is 0 Å². The first-order valence-electron chi connectivity index (χ1n) is 3.74. The lowest BCUT2D eigenvalue weighted by Crippen LogP contribution is -1.97. The molecule has 0 amide bonds. The van der Waals surface area contributed by atoms with Gasteiger partial charge in [-0.25, -0.2) is 4.98 Å². The van der Waals surface area contributed by atoms with Crippen molar-refractivity contribution in [2.75, 3.05) is 0 Å². The number of hydrogen-bond donors (Lipinski definition) is 2. The van der Waals surface area contributed by atoms with E-state index in [1.807, 2.05) is 0 Å². The molecule has 0 radical (unpaired) electrons. The van der Waals surface area contributed by atoms with Gasteiger partial charge in [-0.1, -0.05) is 23.2 Å². The van der Waals surface area contributed by atoms with Crippen LogP contribution in [0.25, 0.3) is 11.0 Å². The van der Waals surface area contributed by atoms with Crippen molar-refractivity contribution in [1.29, 1.82) is 0 Å². The Kier molecular flexibility index (Phi) is 5.70. The highest BCUT2D eigenvalue weighted by atomic mass is 35.5. The Morgan fingerprint density at radius 1 is 1.20 bits per heavy atom. The molecular formula is C8H9Cl4N3. The van der Waals surface area contributed by atoms with Crippen LogP contribution in [-0.4, -0.2) is 9.97 Å². The van der Waals surface area contributed by atoms with Crippen molar-refractivity contribution in [3.05, 3.63) is 28.0 Å². The average molecular weight is 289 g/mol. The van der Waals surface area contributed by atoms with Crippen LogP contribution in [0.2, 0.25) is 10.0 Å². The van der Waals surface area contributed by atoms with Crippen molar-refractivity contribution in [2.45, 2.75) is 6.54 Å². The van der Waals surface area contributed by atoms with E-state index in [4.69, 9.17) is 28.9 Å². The molecule has 84 valence electrons. The molecule has 0 aliphatic heterocycles. The molecule has 1 heterocycles. The van der Waals surface area contributed by atoms with Crippen LogP contribution in [0.1, 0.15) is 5.82 Å². The van der Waals surface area contributed by atoms with E-state index in [0.29, 0.717) is 16.6 Å². The number of nitrogens with one attached hydrogen (secondary N) is 1. The van der Waals surface area contributed by atoms with Gasteiger partial charge in [-0.15, -0.1) is 24.8 Å². The van der Waals surface area contributed by atoms with E-state index in [1.54, 1.807) is 12.1 Å². The second kappa shape index (κ2) is 5.77. The minimum atomic E-state index is 0. The Labute approximate surface area is 109 Å². The van der Waals surface area contributed by atoms with Crippen molar-refractivity contribution >= 4 is 59.0 Å². The predicted octanol–water partition coefficient (Wildman–Crippen LogP) is 3.17. The fourth-order valence-electron chi connectivity index (χ4n) is 1.15. The molecule has 3 N–H and O–H groups in total.